The SMILES string of the molecule is CCCN1C(=O)COc2ccc(C(=O)Cn3cnc4sc(C(=O)OCc5ccccc5)c(C)c4c3=O)cc21. The van der Waals surface area contributed by atoms with Crippen molar-refractivity contribution >= 4 is 44.9 Å². The summed E-state index contributed by atoms with van der Waals surface area (Å²) >= 11 is 1.09. The van der Waals surface area contributed by atoms with Crippen molar-refractivity contribution in [2.24, 2.45) is 0 Å². The predicted octanol–water partition coefficient (Wildman–Crippen LogP) is 4.14. The number of anilines is 1. The highest BCUT2D eigenvalue weighted by Crippen LogP contribution is 2.33. The number of benzene rings is 2. The van der Waals surface area contributed by atoms with Crippen LogP contribution < -0.4 is 15.2 Å². The van der Waals surface area contributed by atoms with E-state index in [1.54, 1.807) is 30.0 Å². The minimum atomic E-state index is -0.529. The fourth-order valence-corrected chi connectivity index (χ4v) is 5.38. The number of ether oxygens (including phenoxy) is 2. The van der Waals surface area contributed by atoms with E-state index in [9.17, 15) is 19.2 Å². The lowest BCUT2D eigenvalue weighted by molar-refractivity contribution is -0.121. The smallest absolute Gasteiger partial charge is 0.349 e. The standard InChI is InChI=1S/C28H25N3O6S/c1-3-11-31-20-12-19(9-10-22(20)36-15-23(31)33)21(32)13-30-16-29-26-24(27(30)34)17(2)25(38-26)28(35)37-14-18-7-5-4-6-8-18/h4-10,12,16H,3,11,13-15H2,1-2H3. The minimum Gasteiger partial charge on any atom is -0.482 e. The summed E-state index contributed by atoms with van der Waals surface area (Å²) in [5, 5.41) is 0.288. The maximum atomic E-state index is 13.3. The number of aromatic nitrogens is 2. The van der Waals surface area contributed by atoms with Crippen LogP contribution in [-0.2, 0) is 22.7 Å². The Morgan fingerprint density at radius 3 is 2.68 bits per heavy atom. The molecule has 1 aliphatic heterocycles. The van der Waals surface area contributed by atoms with Gasteiger partial charge in [-0.05, 0) is 42.7 Å². The molecule has 0 spiro atoms. The Morgan fingerprint density at radius 1 is 1.13 bits per heavy atom. The highest BCUT2D eigenvalue weighted by atomic mass is 32.1. The number of carbonyl (C=O) groups excluding carboxylic acids is 3. The van der Waals surface area contributed by atoms with Crippen LogP contribution in [0.1, 0.15) is 44.5 Å². The Kier molecular flexibility index (Phi) is 7.06. The summed E-state index contributed by atoms with van der Waals surface area (Å²) in [5.74, 6) is -0.476. The maximum Gasteiger partial charge on any atom is 0.349 e. The van der Waals surface area contributed by atoms with Crippen LogP contribution in [0.25, 0.3) is 10.2 Å². The lowest BCUT2D eigenvalue weighted by Gasteiger charge is -2.29. The van der Waals surface area contributed by atoms with E-state index in [0.717, 1.165) is 23.3 Å². The minimum absolute atomic E-state index is 0.0385. The summed E-state index contributed by atoms with van der Waals surface area (Å²) in [7, 11) is 0. The molecule has 4 aromatic rings. The van der Waals surface area contributed by atoms with Gasteiger partial charge in [-0.25, -0.2) is 9.78 Å². The van der Waals surface area contributed by atoms with E-state index in [1.165, 1.54) is 10.9 Å². The number of fused-ring (bicyclic) bond motifs is 2. The Hall–Kier alpha value is -4.31. The molecule has 2 aromatic heterocycles. The van der Waals surface area contributed by atoms with Gasteiger partial charge in [0.25, 0.3) is 11.5 Å². The molecule has 194 valence electrons. The van der Waals surface area contributed by atoms with Crippen molar-refractivity contribution in [3.05, 3.63) is 86.8 Å². The van der Waals surface area contributed by atoms with Crippen LogP contribution in [0.2, 0.25) is 0 Å². The van der Waals surface area contributed by atoms with Crippen molar-refractivity contribution < 1.29 is 23.9 Å². The van der Waals surface area contributed by atoms with Crippen LogP contribution in [0.4, 0.5) is 5.69 Å². The van der Waals surface area contributed by atoms with Gasteiger partial charge in [0.05, 0.1) is 23.9 Å². The first kappa shape index (κ1) is 25.3. The molecular weight excluding hydrogens is 506 g/mol. The van der Waals surface area contributed by atoms with Crippen LogP contribution in [0, 0.1) is 6.92 Å². The van der Waals surface area contributed by atoms with Crippen molar-refractivity contribution in [2.45, 2.75) is 33.4 Å². The summed E-state index contributed by atoms with van der Waals surface area (Å²) in [6.45, 7) is 3.99. The fourth-order valence-electron chi connectivity index (χ4n) is 4.35. The molecule has 5 rings (SSSR count). The summed E-state index contributed by atoms with van der Waals surface area (Å²) in [6.07, 6.45) is 2.07. The van der Waals surface area contributed by atoms with E-state index in [-0.39, 0.29) is 36.8 Å². The average Bonchev–Trinajstić information content (AvgIpc) is 3.27. The number of thiophene rings is 1. The maximum absolute atomic E-state index is 13.3. The number of aryl methyl sites for hydroxylation is 1. The molecule has 1 aliphatic rings. The van der Waals surface area contributed by atoms with Gasteiger partial charge in [-0.2, -0.15) is 0 Å². The van der Waals surface area contributed by atoms with E-state index < -0.39 is 11.5 Å². The highest BCUT2D eigenvalue weighted by molar-refractivity contribution is 7.20. The number of carbonyl (C=O) groups is 3. The molecule has 0 fully saturated rings. The Morgan fingerprint density at radius 2 is 1.92 bits per heavy atom. The third-order valence-electron chi connectivity index (χ3n) is 6.30. The van der Waals surface area contributed by atoms with E-state index >= 15 is 0 Å². The van der Waals surface area contributed by atoms with Gasteiger partial charge >= 0.3 is 5.97 Å². The molecular formula is C28H25N3O6S. The number of ketones is 1. The van der Waals surface area contributed by atoms with Crippen molar-refractivity contribution in [1.29, 1.82) is 0 Å². The molecule has 0 bridgehead atoms. The molecule has 38 heavy (non-hydrogen) atoms. The highest BCUT2D eigenvalue weighted by Gasteiger charge is 2.26. The van der Waals surface area contributed by atoms with E-state index in [1.807, 2.05) is 37.3 Å². The number of amides is 1. The second kappa shape index (κ2) is 10.6. The number of hydrogen-bond donors (Lipinski definition) is 0. The first-order valence-electron chi connectivity index (χ1n) is 12.2. The summed E-state index contributed by atoms with van der Waals surface area (Å²) in [5.41, 5.74) is 1.81. The zero-order valence-electron chi connectivity index (χ0n) is 20.9. The van der Waals surface area contributed by atoms with E-state index in [2.05, 4.69) is 4.98 Å². The average molecular weight is 532 g/mol. The van der Waals surface area contributed by atoms with Gasteiger partial charge in [-0.1, -0.05) is 37.3 Å². The Bertz CT molecular complexity index is 1610. The zero-order valence-corrected chi connectivity index (χ0v) is 21.7. The third-order valence-corrected chi connectivity index (χ3v) is 7.48. The molecule has 0 radical (unpaired) electrons. The van der Waals surface area contributed by atoms with Gasteiger partial charge in [0.2, 0.25) is 0 Å². The number of esters is 1. The second-order valence-electron chi connectivity index (χ2n) is 8.92. The van der Waals surface area contributed by atoms with Crippen molar-refractivity contribution in [3.63, 3.8) is 0 Å². The number of rotatable bonds is 8. The molecule has 10 heteroatoms. The Balaban J connectivity index is 1.38. The molecule has 0 N–H and O–H groups in total. The molecule has 0 aliphatic carbocycles. The van der Waals surface area contributed by atoms with Gasteiger partial charge in [-0.15, -0.1) is 11.3 Å². The normalized spacial score (nSPS) is 12.8. The first-order chi connectivity index (χ1) is 18.4. The van der Waals surface area contributed by atoms with Gasteiger partial charge in [0.1, 0.15) is 22.1 Å². The van der Waals surface area contributed by atoms with Gasteiger partial charge < -0.3 is 14.4 Å². The molecule has 0 saturated heterocycles. The van der Waals surface area contributed by atoms with Crippen LogP contribution in [0.15, 0.2) is 59.7 Å². The fraction of sp³-hybridized carbons (Fsp3) is 0.250. The lowest BCUT2D eigenvalue weighted by atomic mass is 10.1. The summed E-state index contributed by atoms with van der Waals surface area (Å²) in [4.78, 5) is 58.2. The van der Waals surface area contributed by atoms with Crippen molar-refractivity contribution in [2.75, 3.05) is 18.1 Å². The lowest BCUT2D eigenvalue weighted by Crippen LogP contribution is -2.39. The number of hydrogen-bond acceptors (Lipinski definition) is 8. The van der Waals surface area contributed by atoms with Crippen LogP contribution in [0.3, 0.4) is 0 Å². The largest absolute Gasteiger partial charge is 0.482 e. The van der Waals surface area contributed by atoms with Gasteiger partial charge in [0, 0.05) is 12.1 Å². The van der Waals surface area contributed by atoms with Crippen LogP contribution in [0.5, 0.6) is 5.75 Å². The first-order valence-corrected chi connectivity index (χ1v) is 13.0. The number of nitrogens with zero attached hydrogens (tertiary/aromatic N) is 3. The van der Waals surface area contributed by atoms with E-state index in [0.29, 0.717) is 38.8 Å². The second-order valence-corrected chi connectivity index (χ2v) is 9.91. The predicted molar refractivity (Wildman–Crippen MR) is 143 cm³/mol. The molecule has 2 aromatic carbocycles. The molecule has 9 nitrogen and oxygen atoms in total. The quantitative estimate of drug-likeness (QED) is 0.248. The van der Waals surface area contributed by atoms with Crippen LogP contribution in [-0.4, -0.2) is 40.4 Å². The molecule has 0 atom stereocenters. The van der Waals surface area contributed by atoms with E-state index in [4.69, 9.17) is 9.47 Å². The number of Topliss-reactive ketones (excluding diaryl/α,β-unsaturated/α-hetero) is 1. The summed E-state index contributed by atoms with van der Waals surface area (Å²) in [6, 6.07) is 14.2. The third kappa shape index (κ3) is 4.82. The van der Waals surface area contributed by atoms with Gasteiger partial charge in [0.15, 0.2) is 12.4 Å². The molecule has 0 saturated carbocycles. The molecule has 1 amide bonds. The van der Waals surface area contributed by atoms with Gasteiger partial charge in [-0.3, -0.25) is 19.0 Å². The molecule has 0 unspecified atom stereocenters. The topological polar surface area (TPSA) is 108 Å². The van der Waals surface area contributed by atoms with Crippen LogP contribution >= 0.6 is 11.3 Å². The van der Waals surface area contributed by atoms with Crippen molar-refractivity contribution in [1.82, 2.24) is 9.55 Å². The monoisotopic (exact) mass is 531 g/mol. The van der Waals surface area contributed by atoms with Crippen molar-refractivity contribution in [3.8, 4) is 5.75 Å². The Labute approximate surface area is 222 Å². The zero-order chi connectivity index (χ0) is 26.8. The summed E-state index contributed by atoms with van der Waals surface area (Å²) < 4.78 is 12.2. The molecule has 3 heterocycles.